The summed E-state index contributed by atoms with van der Waals surface area (Å²) in [7, 11) is 0. The number of hydrogen-bond acceptors (Lipinski definition) is 3. The Kier molecular flexibility index (Phi) is 4.73. The summed E-state index contributed by atoms with van der Waals surface area (Å²) in [6.45, 7) is 0.387. The van der Waals surface area contributed by atoms with Crippen molar-refractivity contribution in [3.63, 3.8) is 0 Å². The highest BCUT2D eigenvalue weighted by Gasteiger charge is 1.98. The molecular formula is C17H13NO3. The Bertz CT molecular complexity index is 697. The summed E-state index contributed by atoms with van der Waals surface area (Å²) in [5, 5.41) is 17.4. The van der Waals surface area contributed by atoms with Crippen molar-refractivity contribution in [1.82, 2.24) is 0 Å². The second-order valence-electron chi connectivity index (χ2n) is 4.34. The molecule has 0 amide bonds. The van der Waals surface area contributed by atoms with Crippen molar-refractivity contribution in [2.24, 2.45) is 0 Å². The molecule has 21 heavy (non-hydrogen) atoms. The Labute approximate surface area is 122 Å². The van der Waals surface area contributed by atoms with Gasteiger partial charge in [-0.3, -0.25) is 0 Å². The van der Waals surface area contributed by atoms with Crippen LogP contribution in [-0.2, 0) is 11.4 Å². The van der Waals surface area contributed by atoms with Gasteiger partial charge < -0.3 is 9.84 Å². The van der Waals surface area contributed by atoms with E-state index in [1.807, 2.05) is 24.3 Å². The van der Waals surface area contributed by atoms with Crippen molar-refractivity contribution in [2.45, 2.75) is 6.61 Å². The van der Waals surface area contributed by atoms with E-state index in [0.717, 1.165) is 17.2 Å². The molecule has 0 aliphatic rings. The lowest BCUT2D eigenvalue weighted by molar-refractivity contribution is -0.131. The molecular weight excluding hydrogens is 266 g/mol. The summed E-state index contributed by atoms with van der Waals surface area (Å²) in [6.07, 6.45) is 2.63. The third kappa shape index (κ3) is 4.51. The van der Waals surface area contributed by atoms with Gasteiger partial charge in [0, 0.05) is 6.08 Å². The highest BCUT2D eigenvalue weighted by atomic mass is 16.5. The van der Waals surface area contributed by atoms with Crippen LogP contribution >= 0.6 is 0 Å². The molecule has 0 unspecified atom stereocenters. The fourth-order valence-corrected chi connectivity index (χ4v) is 1.71. The first-order valence-corrected chi connectivity index (χ1v) is 6.30. The van der Waals surface area contributed by atoms with Crippen molar-refractivity contribution in [1.29, 1.82) is 5.26 Å². The number of hydrogen-bond donors (Lipinski definition) is 1. The van der Waals surface area contributed by atoms with Gasteiger partial charge in [-0.05, 0) is 35.4 Å². The van der Waals surface area contributed by atoms with E-state index < -0.39 is 5.97 Å². The van der Waals surface area contributed by atoms with Crippen molar-refractivity contribution < 1.29 is 14.6 Å². The number of aliphatic carboxylic acids is 1. The minimum Gasteiger partial charge on any atom is -0.489 e. The first-order chi connectivity index (χ1) is 10.2. The predicted molar refractivity (Wildman–Crippen MR) is 78.6 cm³/mol. The van der Waals surface area contributed by atoms with Gasteiger partial charge in [-0.2, -0.15) is 5.26 Å². The number of nitrogens with zero attached hydrogens (tertiary/aromatic N) is 1. The van der Waals surface area contributed by atoms with Crippen LogP contribution in [0.3, 0.4) is 0 Å². The SMILES string of the molecule is N#Cc1cccc(OCc2ccc(C=CC(=O)O)cc2)c1. The van der Waals surface area contributed by atoms with Crippen LogP contribution in [0.25, 0.3) is 6.08 Å². The Morgan fingerprint density at radius 3 is 2.67 bits per heavy atom. The van der Waals surface area contributed by atoms with Gasteiger partial charge in [0.25, 0.3) is 0 Å². The average molecular weight is 279 g/mol. The second kappa shape index (κ2) is 6.92. The maximum atomic E-state index is 10.4. The molecule has 2 aromatic rings. The van der Waals surface area contributed by atoms with Gasteiger partial charge in [-0.25, -0.2) is 4.79 Å². The van der Waals surface area contributed by atoms with Crippen LogP contribution in [0.1, 0.15) is 16.7 Å². The molecule has 0 saturated heterocycles. The zero-order valence-electron chi connectivity index (χ0n) is 11.2. The third-order valence-electron chi connectivity index (χ3n) is 2.77. The largest absolute Gasteiger partial charge is 0.489 e. The van der Waals surface area contributed by atoms with Gasteiger partial charge in [0.05, 0.1) is 11.6 Å². The minimum absolute atomic E-state index is 0.387. The normalized spacial score (nSPS) is 10.2. The fraction of sp³-hybridized carbons (Fsp3) is 0.0588. The molecule has 2 aromatic carbocycles. The quantitative estimate of drug-likeness (QED) is 0.853. The minimum atomic E-state index is -0.972. The maximum Gasteiger partial charge on any atom is 0.328 e. The second-order valence-corrected chi connectivity index (χ2v) is 4.34. The van der Waals surface area contributed by atoms with Crippen LogP contribution in [0.2, 0.25) is 0 Å². The van der Waals surface area contributed by atoms with Crippen molar-refractivity contribution in [3.8, 4) is 11.8 Å². The van der Waals surface area contributed by atoms with Crippen LogP contribution in [-0.4, -0.2) is 11.1 Å². The summed E-state index contributed by atoms with van der Waals surface area (Å²) in [6, 6.07) is 16.4. The number of ether oxygens (including phenoxy) is 1. The van der Waals surface area contributed by atoms with Crippen LogP contribution in [0.5, 0.6) is 5.75 Å². The van der Waals surface area contributed by atoms with Gasteiger partial charge in [0.1, 0.15) is 12.4 Å². The number of carboxylic acids is 1. The number of benzene rings is 2. The summed E-state index contributed by atoms with van der Waals surface area (Å²) in [4.78, 5) is 10.4. The Hall–Kier alpha value is -3.06. The molecule has 0 bridgehead atoms. The van der Waals surface area contributed by atoms with Crippen LogP contribution in [0, 0.1) is 11.3 Å². The lowest BCUT2D eigenvalue weighted by Crippen LogP contribution is -1.95. The van der Waals surface area contributed by atoms with E-state index in [1.54, 1.807) is 24.3 Å². The van der Waals surface area contributed by atoms with Crippen LogP contribution < -0.4 is 4.74 Å². The van der Waals surface area contributed by atoms with E-state index in [0.29, 0.717) is 17.9 Å². The Morgan fingerprint density at radius 1 is 1.24 bits per heavy atom. The van der Waals surface area contributed by atoms with Crippen molar-refractivity contribution >= 4 is 12.0 Å². The molecule has 0 heterocycles. The van der Waals surface area contributed by atoms with Crippen molar-refractivity contribution in [2.75, 3.05) is 0 Å². The molecule has 0 radical (unpaired) electrons. The van der Waals surface area contributed by atoms with Gasteiger partial charge >= 0.3 is 5.97 Å². The number of rotatable bonds is 5. The highest BCUT2D eigenvalue weighted by Crippen LogP contribution is 2.15. The summed E-state index contributed by atoms with van der Waals surface area (Å²) >= 11 is 0. The first-order valence-electron chi connectivity index (χ1n) is 6.30. The van der Waals surface area contributed by atoms with Gasteiger partial charge in [-0.15, -0.1) is 0 Å². The van der Waals surface area contributed by atoms with E-state index in [9.17, 15) is 4.79 Å². The summed E-state index contributed by atoms with van der Waals surface area (Å²) < 4.78 is 5.61. The predicted octanol–water partition coefficient (Wildman–Crippen LogP) is 3.24. The number of nitriles is 1. The molecule has 4 nitrogen and oxygen atoms in total. The molecule has 4 heteroatoms. The lowest BCUT2D eigenvalue weighted by atomic mass is 10.1. The standard InChI is InChI=1S/C17H13NO3/c18-11-15-2-1-3-16(10-15)21-12-14-6-4-13(5-7-14)8-9-17(19)20/h1-10H,12H2,(H,19,20). The van der Waals surface area contributed by atoms with Gasteiger partial charge in [0.15, 0.2) is 0 Å². The molecule has 1 N–H and O–H groups in total. The molecule has 0 fully saturated rings. The zero-order valence-corrected chi connectivity index (χ0v) is 11.2. The average Bonchev–Trinajstić information content (AvgIpc) is 2.52. The zero-order chi connectivity index (χ0) is 15.1. The first kappa shape index (κ1) is 14.4. The molecule has 0 spiro atoms. The van der Waals surface area contributed by atoms with Crippen molar-refractivity contribution in [3.05, 3.63) is 71.3 Å². The molecule has 104 valence electrons. The smallest absolute Gasteiger partial charge is 0.328 e. The molecule has 0 aliphatic heterocycles. The van der Waals surface area contributed by atoms with Gasteiger partial charge in [-0.1, -0.05) is 30.3 Å². The molecule has 2 rings (SSSR count). The third-order valence-corrected chi connectivity index (χ3v) is 2.77. The Balaban J connectivity index is 1.97. The Morgan fingerprint density at radius 2 is 2.00 bits per heavy atom. The molecule has 0 aliphatic carbocycles. The fourth-order valence-electron chi connectivity index (χ4n) is 1.71. The highest BCUT2D eigenvalue weighted by molar-refractivity contribution is 5.85. The van der Waals surface area contributed by atoms with E-state index in [2.05, 4.69) is 6.07 Å². The molecule has 0 saturated carbocycles. The number of carbonyl (C=O) groups is 1. The van der Waals surface area contributed by atoms with Gasteiger partial charge in [0.2, 0.25) is 0 Å². The van der Waals surface area contributed by atoms with E-state index in [4.69, 9.17) is 15.1 Å². The molecule has 0 atom stereocenters. The van der Waals surface area contributed by atoms with Crippen LogP contribution in [0.4, 0.5) is 0 Å². The summed E-state index contributed by atoms with van der Waals surface area (Å²) in [5.74, 6) is -0.330. The molecule has 0 aromatic heterocycles. The maximum absolute atomic E-state index is 10.4. The summed E-state index contributed by atoms with van der Waals surface area (Å²) in [5.41, 5.74) is 2.33. The van der Waals surface area contributed by atoms with E-state index in [1.165, 1.54) is 6.08 Å². The number of carboxylic acid groups (broad SMARTS) is 1. The van der Waals surface area contributed by atoms with Crippen LogP contribution in [0.15, 0.2) is 54.6 Å². The topological polar surface area (TPSA) is 70.3 Å². The van der Waals surface area contributed by atoms with E-state index >= 15 is 0 Å². The van der Waals surface area contributed by atoms with E-state index in [-0.39, 0.29) is 0 Å². The lowest BCUT2D eigenvalue weighted by Gasteiger charge is -2.06. The monoisotopic (exact) mass is 279 g/mol.